The third-order valence-corrected chi connectivity index (χ3v) is 4.38. The molecule has 2 rings (SSSR count). The second-order valence-electron chi connectivity index (χ2n) is 5.80. The molecule has 0 aromatic heterocycles. The Kier molecular flexibility index (Phi) is 6.50. The molecule has 1 aliphatic carbocycles. The molecule has 1 saturated heterocycles. The van der Waals surface area contributed by atoms with Crippen LogP contribution < -0.4 is 0 Å². The van der Waals surface area contributed by atoms with Crippen LogP contribution in [0.5, 0.6) is 0 Å². The second kappa shape index (κ2) is 8.17. The van der Waals surface area contributed by atoms with E-state index in [-0.39, 0.29) is 6.10 Å². The van der Waals surface area contributed by atoms with Gasteiger partial charge >= 0.3 is 0 Å². The Morgan fingerprint density at radius 1 is 1.30 bits per heavy atom. The van der Waals surface area contributed by atoms with Gasteiger partial charge in [-0.1, -0.05) is 0 Å². The van der Waals surface area contributed by atoms with Crippen LogP contribution in [-0.2, 0) is 14.2 Å². The number of nitrogens with zero attached hydrogens (tertiary/aromatic N) is 1. The summed E-state index contributed by atoms with van der Waals surface area (Å²) in [7, 11) is 1.59. The summed E-state index contributed by atoms with van der Waals surface area (Å²) < 4.78 is 16.4. The topological polar surface area (TPSA) is 132 Å². The van der Waals surface area contributed by atoms with Gasteiger partial charge in [-0.2, -0.15) is 5.26 Å². The van der Waals surface area contributed by atoms with Gasteiger partial charge in [-0.25, -0.2) is 0 Å². The number of aliphatic hydroxyl groups is 4. The fourth-order valence-electron chi connectivity index (χ4n) is 2.94. The third-order valence-electron chi connectivity index (χ3n) is 4.38. The number of hydrogen-bond donors (Lipinski definition) is 4. The van der Waals surface area contributed by atoms with Gasteiger partial charge < -0.3 is 34.6 Å². The van der Waals surface area contributed by atoms with Gasteiger partial charge in [-0.3, -0.25) is 0 Å². The molecular formula is C15H23NO7. The van der Waals surface area contributed by atoms with Gasteiger partial charge in [0.05, 0.1) is 24.9 Å². The van der Waals surface area contributed by atoms with Gasteiger partial charge in [0.2, 0.25) is 0 Å². The monoisotopic (exact) mass is 329 g/mol. The van der Waals surface area contributed by atoms with E-state index >= 15 is 0 Å². The molecule has 0 bridgehead atoms. The lowest BCUT2D eigenvalue weighted by Gasteiger charge is -2.42. The molecule has 7 unspecified atom stereocenters. The quantitative estimate of drug-likeness (QED) is 0.474. The maximum Gasteiger partial charge on any atom is 0.187 e. The van der Waals surface area contributed by atoms with Crippen molar-refractivity contribution in [1.29, 1.82) is 5.26 Å². The Balaban J connectivity index is 2.10. The van der Waals surface area contributed by atoms with E-state index in [0.29, 0.717) is 12.8 Å². The van der Waals surface area contributed by atoms with Crippen LogP contribution >= 0.6 is 0 Å². The number of hydrogen-bond acceptors (Lipinski definition) is 8. The standard InChI is InChI=1S/C15H23NO7/c1-21-9-3-2-8(4-5-16)10(6-9)22-15-14(20)13(19)12(18)11(7-17)23-15/h4,9-15,17-20H,2-3,6-7H2,1H3. The molecule has 8 nitrogen and oxygen atoms in total. The average molecular weight is 329 g/mol. The van der Waals surface area contributed by atoms with Crippen molar-refractivity contribution in [2.75, 3.05) is 13.7 Å². The number of allylic oxidation sites excluding steroid dienone is 1. The fourth-order valence-corrected chi connectivity index (χ4v) is 2.94. The van der Waals surface area contributed by atoms with Crippen LogP contribution in [0.25, 0.3) is 0 Å². The van der Waals surface area contributed by atoms with Crippen LogP contribution in [0.15, 0.2) is 11.6 Å². The van der Waals surface area contributed by atoms with Gasteiger partial charge in [-0.15, -0.1) is 0 Å². The first-order chi connectivity index (χ1) is 11.0. The summed E-state index contributed by atoms with van der Waals surface area (Å²) in [5.41, 5.74) is 0.762. The van der Waals surface area contributed by atoms with Gasteiger partial charge in [0, 0.05) is 19.6 Å². The minimum atomic E-state index is -1.49. The van der Waals surface area contributed by atoms with Crippen LogP contribution in [0.3, 0.4) is 0 Å². The number of nitriles is 1. The molecule has 2 aliphatic rings. The summed E-state index contributed by atoms with van der Waals surface area (Å²) in [6, 6.07) is 1.97. The largest absolute Gasteiger partial charge is 0.394 e. The molecule has 0 aromatic carbocycles. The average Bonchev–Trinajstić information content (AvgIpc) is 2.57. The van der Waals surface area contributed by atoms with E-state index in [0.717, 1.165) is 12.0 Å². The summed E-state index contributed by atoms with van der Waals surface area (Å²) in [5, 5.41) is 47.7. The van der Waals surface area contributed by atoms with E-state index < -0.39 is 43.4 Å². The molecule has 0 radical (unpaired) electrons. The Morgan fingerprint density at radius 2 is 2.04 bits per heavy atom. The van der Waals surface area contributed by atoms with Gasteiger partial charge in [0.15, 0.2) is 6.29 Å². The highest BCUT2D eigenvalue weighted by atomic mass is 16.7. The first kappa shape index (κ1) is 18.3. The molecule has 1 heterocycles. The highest BCUT2D eigenvalue weighted by molar-refractivity contribution is 5.20. The van der Waals surface area contributed by atoms with Crippen molar-refractivity contribution >= 4 is 0 Å². The molecule has 7 atom stereocenters. The predicted molar refractivity (Wildman–Crippen MR) is 77.0 cm³/mol. The molecule has 0 amide bonds. The molecule has 8 heteroatoms. The van der Waals surface area contributed by atoms with E-state index in [1.807, 2.05) is 6.07 Å². The molecule has 1 aliphatic heterocycles. The van der Waals surface area contributed by atoms with Gasteiger partial charge in [-0.05, 0) is 18.4 Å². The smallest absolute Gasteiger partial charge is 0.187 e. The van der Waals surface area contributed by atoms with Crippen molar-refractivity contribution in [1.82, 2.24) is 0 Å². The highest BCUT2D eigenvalue weighted by Gasteiger charge is 2.45. The first-order valence-electron chi connectivity index (χ1n) is 7.59. The predicted octanol–water partition coefficient (Wildman–Crippen LogP) is -1.18. The zero-order valence-electron chi connectivity index (χ0n) is 12.9. The molecule has 2 fully saturated rings. The van der Waals surface area contributed by atoms with Crippen LogP contribution in [0.2, 0.25) is 0 Å². The van der Waals surface area contributed by atoms with Crippen LogP contribution in [-0.4, -0.2) is 77.1 Å². The van der Waals surface area contributed by atoms with Crippen molar-refractivity contribution < 1.29 is 34.6 Å². The Morgan fingerprint density at radius 3 is 2.65 bits per heavy atom. The molecular weight excluding hydrogens is 306 g/mol. The van der Waals surface area contributed by atoms with Crippen molar-refractivity contribution in [3.63, 3.8) is 0 Å². The number of aliphatic hydroxyl groups excluding tert-OH is 4. The highest BCUT2D eigenvalue weighted by Crippen LogP contribution is 2.31. The SMILES string of the molecule is COC1CCC(=CC#N)C(OC2OC(CO)C(O)C(O)C2O)C1. The number of methoxy groups -OCH3 is 1. The molecule has 0 aromatic rings. The van der Waals surface area contributed by atoms with E-state index in [1.54, 1.807) is 7.11 Å². The van der Waals surface area contributed by atoms with Crippen molar-refractivity contribution in [3.8, 4) is 6.07 Å². The van der Waals surface area contributed by atoms with Crippen molar-refractivity contribution in [3.05, 3.63) is 11.6 Å². The summed E-state index contributed by atoms with van der Waals surface area (Å²) in [4.78, 5) is 0. The third kappa shape index (κ3) is 4.08. The summed E-state index contributed by atoms with van der Waals surface area (Å²) in [6.07, 6.45) is -3.89. The molecule has 130 valence electrons. The zero-order chi connectivity index (χ0) is 17.0. The van der Waals surface area contributed by atoms with Gasteiger partial charge in [0.25, 0.3) is 0 Å². The van der Waals surface area contributed by atoms with E-state index in [1.165, 1.54) is 6.08 Å². The molecule has 1 saturated carbocycles. The van der Waals surface area contributed by atoms with E-state index in [2.05, 4.69) is 0 Å². The minimum absolute atomic E-state index is 0.0410. The lowest BCUT2D eigenvalue weighted by Crippen LogP contribution is -2.60. The van der Waals surface area contributed by atoms with Crippen LogP contribution in [0.1, 0.15) is 19.3 Å². The summed E-state index contributed by atoms with van der Waals surface area (Å²) in [6.45, 7) is -0.517. The van der Waals surface area contributed by atoms with Crippen molar-refractivity contribution in [2.45, 2.75) is 62.2 Å². The maximum atomic E-state index is 10.0. The fraction of sp³-hybridized carbons (Fsp3) is 0.800. The van der Waals surface area contributed by atoms with E-state index in [9.17, 15) is 20.4 Å². The lowest BCUT2D eigenvalue weighted by atomic mass is 9.89. The molecule has 0 spiro atoms. The Labute approximate surface area is 134 Å². The normalized spacial score (nSPS) is 43.3. The maximum absolute atomic E-state index is 10.0. The zero-order valence-corrected chi connectivity index (χ0v) is 12.9. The Hall–Kier alpha value is -1.05. The van der Waals surface area contributed by atoms with Crippen LogP contribution in [0.4, 0.5) is 0 Å². The first-order valence-corrected chi connectivity index (χ1v) is 7.59. The summed E-state index contributed by atoms with van der Waals surface area (Å²) in [5.74, 6) is 0. The lowest BCUT2D eigenvalue weighted by molar-refractivity contribution is -0.310. The van der Waals surface area contributed by atoms with Crippen molar-refractivity contribution in [2.24, 2.45) is 0 Å². The minimum Gasteiger partial charge on any atom is -0.394 e. The summed E-state index contributed by atoms with van der Waals surface area (Å²) >= 11 is 0. The van der Waals surface area contributed by atoms with Crippen LogP contribution in [0, 0.1) is 11.3 Å². The molecule has 23 heavy (non-hydrogen) atoms. The Bertz CT molecular complexity index is 461. The molecule has 4 N–H and O–H groups in total. The van der Waals surface area contributed by atoms with E-state index in [4.69, 9.17) is 19.5 Å². The second-order valence-corrected chi connectivity index (χ2v) is 5.80. The van der Waals surface area contributed by atoms with Gasteiger partial charge in [0.1, 0.15) is 24.4 Å². The number of rotatable bonds is 4. The number of ether oxygens (including phenoxy) is 3.